The molecule has 124 valence electrons. The molecular weight excluding hydrogens is 282 g/mol. The highest BCUT2D eigenvalue weighted by molar-refractivity contribution is 5.75. The van der Waals surface area contributed by atoms with Gasteiger partial charge in [0.05, 0.1) is 12.0 Å². The van der Waals surface area contributed by atoms with Gasteiger partial charge in [-0.3, -0.25) is 9.69 Å². The van der Waals surface area contributed by atoms with Crippen LogP contribution in [0.5, 0.6) is 0 Å². The van der Waals surface area contributed by atoms with Crippen molar-refractivity contribution in [1.29, 1.82) is 0 Å². The van der Waals surface area contributed by atoms with Crippen molar-refractivity contribution >= 4 is 5.97 Å². The predicted molar refractivity (Wildman–Crippen MR) is 83.8 cm³/mol. The molecule has 0 radical (unpaired) electrons. The van der Waals surface area contributed by atoms with Gasteiger partial charge in [0.1, 0.15) is 11.5 Å². The van der Waals surface area contributed by atoms with E-state index in [0.29, 0.717) is 26.1 Å². The highest BCUT2D eigenvalue weighted by atomic mass is 16.5. The van der Waals surface area contributed by atoms with Gasteiger partial charge in [0, 0.05) is 26.7 Å². The molecule has 0 amide bonds. The fraction of sp³-hybridized carbons (Fsp3) is 0.706. The van der Waals surface area contributed by atoms with Crippen LogP contribution in [0.3, 0.4) is 0 Å². The van der Waals surface area contributed by atoms with Crippen molar-refractivity contribution in [2.24, 2.45) is 5.41 Å². The normalized spacial score (nSPS) is 22.8. The van der Waals surface area contributed by atoms with E-state index in [-0.39, 0.29) is 0 Å². The number of carboxylic acid groups (broad SMARTS) is 1. The Morgan fingerprint density at radius 1 is 1.45 bits per heavy atom. The molecule has 22 heavy (non-hydrogen) atoms. The Kier molecular flexibility index (Phi) is 6.03. The molecule has 0 bridgehead atoms. The summed E-state index contributed by atoms with van der Waals surface area (Å²) >= 11 is 0. The van der Waals surface area contributed by atoms with Gasteiger partial charge in [-0.25, -0.2) is 0 Å². The summed E-state index contributed by atoms with van der Waals surface area (Å²) in [7, 11) is 1.62. The lowest BCUT2D eigenvalue weighted by Crippen LogP contribution is -2.48. The molecule has 1 aromatic rings. The number of methoxy groups -OCH3 is 1. The van der Waals surface area contributed by atoms with Gasteiger partial charge in [0.2, 0.25) is 0 Å². The standard InChI is InChI=1S/C17H27NO4/c1-3-5-14-6-7-15(22-14)12-18-10-4-8-17(13-18,16(19)20)9-11-21-2/h6-7H,3-5,8-13H2,1-2H3,(H,19,20). The number of aliphatic carboxylic acids is 1. The molecule has 0 spiro atoms. The summed E-state index contributed by atoms with van der Waals surface area (Å²) in [5.41, 5.74) is -0.687. The number of hydrogen-bond acceptors (Lipinski definition) is 4. The zero-order valence-electron chi connectivity index (χ0n) is 13.6. The zero-order chi connectivity index (χ0) is 16.0. The molecule has 0 aliphatic carbocycles. The lowest BCUT2D eigenvalue weighted by molar-refractivity contribution is -0.154. The smallest absolute Gasteiger partial charge is 0.311 e. The highest BCUT2D eigenvalue weighted by Gasteiger charge is 2.42. The van der Waals surface area contributed by atoms with E-state index in [1.165, 1.54) is 0 Å². The zero-order valence-corrected chi connectivity index (χ0v) is 13.6. The number of furan rings is 1. The molecule has 0 aromatic carbocycles. The molecule has 5 nitrogen and oxygen atoms in total. The summed E-state index contributed by atoms with van der Waals surface area (Å²) in [4.78, 5) is 14.0. The molecule has 2 heterocycles. The number of carbonyl (C=O) groups is 1. The van der Waals surface area contributed by atoms with Gasteiger partial charge in [-0.15, -0.1) is 0 Å². The maximum atomic E-state index is 11.8. The summed E-state index contributed by atoms with van der Waals surface area (Å²) in [6, 6.07) is 4.04. The Balaban J connectivity index is 2.00. The molecule has 1 saturated heterocycles. The minimum atomic E-state index is -0.708. The quantitative estimate of drug-likeness (QED) is 0.800. The van der Waals surface area contributed by atoms with Crippen molar-refractivity contribution in [2.75, 3.05) is 26.8 Å². The van der Waals surface area contributed by atoms with Crippen LogP contribution >= 0.6 is 0 Å². The molecule has 1 aliphatic rings. The third-order valence-corrected chi connectivity index (χ3v) is 4.49. The second-order valence-corrected chi connectivity index (χ2v) is 6.26. The van der Waals surface area contributed by atoms with Crippen molar-refractivity contribution in [3.63, 3.8) is 0 Å². The minimum absolute atomic E-state index is 0.488. The SMILES string of the molecule is CCCc1ccc(CN2CCCC(CCOC)(C(=O)O)C2)o1. The first-order valence-corrected chi connectivity index (χ1v) is 8.12. The molecular formula is C17H27NO4. The van der Waals surface area contributed by atoms with Crippen LogP contribution in [0, 0.1) is 5.41 Å². The Labute approximate surface area is 132 Å². The van der Waals surface area contributed by atoms with Gasteiger partial charge in [-0.1, -0.05) is 6.92 Å². The van der Waals surface area contributed by atoms with Crippen LogP contribution in [0.15, 0.2) is 16.5 Å². The molecule has 1 fully saturated rings. The van der Waals surface area contributed by atoms with Crippen LogP contribution in [-0.2, 0) is 22.5 Å². The summed E-state index contributed by atoms with van der Waals surface area (Å²) in [6.45, 7) is 4.79. The fourth-order valence-corrected chi connectivity index (χ4v) is 3.25. The number of hydrogen-bond donors (Lipinski definition) is 1. The Morgan fingerprint density at radius 2 is 2.23 bits per heavy atom. The van der Waals surface area contributed by atoms with Crippen molar-refractivity contribution < 1.29 is 19.1 Å². The van der Waals surface area contributed by atoms with Crippen LogP contribution in [-0.4, -0.2) is 42.8 Å². The average molecular weight is 309 g/mol. The van der Waals surface area contributed by atoms with E-state index in [9.17, 15) is 9.90 Å². The van der Waals surface area contributed by atoms with E-state index >= 15 is 0 Å². The highest BCUT2D eigenvalue weighted by Crippen LogP contribution is 2.34. The van der Waals surface area contributed by atoms with Crippen molar-refractivity contribution in [2.45, 2.75) is 45.6 Å². The average Bonchev–Trinajstić information content (AvgIpc) is 2.93. The number of piperidine rings is 1. The molecule has 0 saturated carbocycles. The molecule has 1 aliphatic heterocycles. The number of likely N-dealkylation sites (tertiary alicyclic amines) is 1. The number of rotatable bonds is 8. The van der Waals surface area contributed by atoms with E-state index < -0.39 is 11.4 Å². The molecule has 5 heteroatoms. The largest absolute Gasteiger partial charge is 0.481 e. The first-order chi connectivity index (χ1) is 10.6. The minimum Gasteiger partial charge on any atom is -0.481 e. The van der Waals surface area contributed by atoms with Crippen molar-refractivity contribution in [3.05, 3.63) is 23.7 Å². The second kappa shape index (κ2) is 7.79. The third-order valence-electron chi connectivity index (χ3n) is 4.49. The third kappa shape index (κ3) is 4.11. The van der Waals surface area contributed by atoms with E-state index in [0.717, 1.165) is 43.7 Å². The van der Waals surface area contributed by atoms with E-state index in [4.69, 9.17) is 9.15 Å². The van der Waals surface area contributed by atoms with Gasteiger partial charge >= 0.3 is 5.97 Å². The fourth-order valence-electron chi connectivity index (χ4n) is 3.25. The summed E-state index contributed by atoms with van der Waals surface area (Å²) in [5.74, 6) is 1.23. The van der Waals surface area contributed by atoms with Gasteiger partial charge in [-0.2, -0.15) is 0 Å². The maximum Gasteiger partial charge on any atom is 0.311 e. The Morgan fingerprint density at radius 3 is 2.91 bits per heavy atom. The number of nitrogens with zero attached hydrogens (tertiary/aromatic N) is 1. The summed E-state index contributed by atoms with van der Waals surface area (Å²) < 4.78 is 10.9. The van der Waals surface area contributed by atoms with Crippen LogP contribution < -0.4 is 0 Å². The number of carboxylic acids is 1. The monoisotopic (exact) mass is 309 g/mol. The van der Waals surface area contributed by atoms with Gasteiger partial charge in [0.15, 0.2) is 0 Å². The van der Waals surface area contributed by atoms with Crippen LogP contribution in [0.1, 0.15) is 44.1 Å². The van der Waals surface area contributed by atoms with Gasteiger partial charge in [-0.05, 0) is 44.4 Å². The molecule has 1 aromatic heterocycles. The maximum absolute atomic E-state index is 11.8. The summed E-state index contributed by atoms with van der Waals surface area (Å²) in [5, 5.41) is 9.67. The first-order valence-electron chi connectivity index (χ1n) is 8.12. The van der Waals surface area contributed by atoms with Crippen LogP contribution in [0.25, 0.3) is 0 Å². The molecule has 1 unspecified atom stereocenters. The first kappa shape index (κ1) is 17.0. The molecule has 1 N–H and O–H groups in total. The van der Waals surface area contributed by atoms with E-state index in [2.05, 4.69) is 11.8 Å². The van der Waals surface area contributed by atoms with Gasteiger partial charge in [0.25, 0.3) is 0 Å². The van der Waals surface area contributed by atoms with E-state index in [1.807, 2.05) is 12.1 Å². The molecule has 2 rings (SSSR count). The van der Waals surface area contributed by atoms with Crippen LogP contribution in [0.2, 0.25) is 0 Å². The van der Waals surface area contributed by atoms with Crippen molar-refractivity contribution in [1.82, 2.24) is 4.90 Å². The van der Waals surface area contributed by atoms with Gasteiger partial charge < -0.3 is 14.3 Å². The Hall–Kier alpha value is -1.33. The summed E-state index contributed by atoms with van der Waals surface area (Å²) in [6.07, 6.45) is 4.21. The van der Waals surface area contributed by atoms with Crippen molar-refractivity contribution in [3.8, 4) is 0 Å². The number of aryl methyl sites for hydroxylation is 1. The van der Waals surface area contributed by atoms with Crippen LogP contribution in [0.4, 0.5) is 0 Å². The lowest BCUT2D eigenvalue weighted by Gasteiger charge is -2.39. The predicted octanol–water partition coefficient (Wildman–Crippen LogP) is 2.94. The Bertz CT molecular complexity index is 485. The lowest BCUT2D eigenvalue weighted by atomic mass is 9.77. The topological polar surface area (TPSA) is 62.9 Å². The molecule has 1 atom stereocenters. The second-order valence-electron chi connectivity index (χ2n) is 6.26. The van der Waals surface area contributed by atoms with E-state index in [1.54, 1.807) is 7.11 Å². The number of ether oxygens (including phenoxy) is 1.